The number of nitrogens with zero attached hydrogens (tertiary/aromatic N) is 1. The number of unbranched alkanes of at least 4 members (excludes halogenated alkanes) is 2. The van der Waals surface area contributed by atoms with E-state index >= 15 is 0 Å². The van der Waals surface area contributed by atoms with E-state index in [-0.39, 0.29) is 19.3 Å². The van der Waals surface area contributed by atoms with Crippen LogP contribution in [0.25, 0.3) is 10.9 Å². The number of nitrogens with two attached hydrogens (primary N) is 3. The van der Waals surface area contributed by atoms with Gasteiger partial charge in [-0.15, -0.1) is 0 Å². The second-order valence-electron chi connectivity index (χ2n) is 10.5. The molecule has 0 saturated heterocycles. The van der Waals surface area contributed by atoms with Crippen LogP contribution >= 0.6 is 0 Å². The summed E-state index contributed by atoms with van der Waals surface area (Å²) in [5.41, 5.74) is 19.3. The highest BCUT2D eigenvalue weighted by Crippen LogP contribution is 2.19. The zero-order valence-corrected chi connectivity index (χ0v) is 24.2. The Hall–Kier alpha value is -4.27. The van der Waals surface area contributed by atoms with Crippen LogP contribution in [0.1, 0.15) is 49.8 Å². The predicted molar refractivity (Wildman–Crippen MR) is 162 cm³/mol. The molecule has 0 aliphatic rings. The van der Waals surface area contributed by atoms with Gasteiger partial charge in [0.05, 0.1) is 12.4 Å². The summed E-state index contributed by atoms with van der Waals surface area (Å²) in [4.78, 5) is 62.1. The third-order valence-electron chi connectivity index (χ3n) is 7.21. The van der Waals surface area contributed by atoms with Crippen molar-refractivity contribution < 1.29 is 24.3 Å². The van der Waals surface area contributed by atoms with Crippen LogP contribution in [0.2, 0.25) is 0 Å². The molecule has 0 aliphatic carbocycles. The van der Waals surface area contributed by atoms with E-state index in [1.165, 1.54) is 12.5 Å². The lowest BCUT2D eigenvalue weighted by Crippen LogP contribution is -2.58. The van der Waals surface area contributed by atoms with E-state index in [4.69, 9.17) is 17.2 Å². The Morgan fingerprint density at radius 1 is 0.814 bits per heavy atom. The number of hydrogen-bond donors (Lipinski definition) is 9. The van der Waals surface area contributed by atoms with Crippen LogP contribution in [0.5, 0.6) is 0 Å². The number of aromatic nitrogens is 3. The number of aliphatic carboxylic acids is 1. The SMILES string of the molecule is NCCCCC(N)C(=O)NC(Cc1cnc[nH]1)C(=O)NC(Cc1c[nH]c2ccccc12)C(=O)NC(CCCCN)C(=O)O. The van der Waals surface area contributed by atoms with Crippen molar-refractivity contribution in [3.63, 3.8) is 0 Å². The average Bonchev–Trinajstić information content (AvgIpc) is 3.66. The summed E-state index contributed by atoms with van der Waals surface area (Å²) in [6, 6.07) is 3.26. The fourth-order valence-electron chi connectivity index (χ4n) is 4.77. The molecule has 2 heterocycles. The first-order chi connectivity index (χ1) is 20.7. The van der Waals surface area contributed by atoms with E-state index in [0.717, 1.165) is 16.5 Å². The summed E-state index contributed by atoms with van der Waals surface area (Å²) >= 11 is 0. The van der Waals surface area contributed by atoms with Crippen LogP contribution in [0, 0.1) is 0 Å². The average molecular weight is 598 g/mol. The first kappa shape index (κ1) is 33.2. The number of nitrogens with one attached hydrogen (secondary N) is 5. The fourth-order valence-corrected chi connectivity index (χ4v) is 4.77. The second kappa shape index (κ2) is 17.0. The van der Waals surface area contributed by atoms with Gasteiger partial charge in [0.25, 0.3) is 0 Å². The molecule has 0 aliphatic heterocycles. The molecule has 0 spiro atoms. The Balaban J connectivity index is 1.83. The number of carbonyl (C=O) groups is 4. The molecule has 4 atom stereocenters. The minimum atomic E-state index is -1.18. The lowest BCUT2D eigenvalue weighted by atomic mass is 10.0. The maximum atomic E-state index is 13.7. The first-order valence-electron chi connectivity index (χ1n) is 14.5. The highest BCUT2D eigenvalue weighted by molar-refractivity contribution is 5.95. The normalized spacial score (nSPS) is 14.0. The molecule has 0 radical (unpaired) electrons. The van der Waals surface area contributed by atoms with E-state index in [1.54, 1.807) is 6.20 Å². The van der Waals surface area contributed by atoms with Crippen molar-refractivity contribution in [1.82, 2.24) is 30.9 Å². The van der Waals surface area contributed by atoms with Crippen molar-refractivity contribution in [2.75, 3.05) is 13.1 Å². The van der Waals surface area contributed by atoms with Crippen LogP contribution in [0.4, 0.5) is 0 Å². The summed E-state index contributed by atoms with van der Waals surface area (Å²) in [6.45, 7) is 0.883. The summed E-state index contributed by atoms with van der Waals surface area (Å²) in [6.07, 6.45) is 7.94. The van der Waals surface area contributed by atoms with Gasteiger partial charge in [0.1, 0.15) is 18.1 Å². The number of carbonyl (C=O) groups excluding carboxylic acids is 3. The smallest absolute Gasteiger partial charge is 0.326 e. The number of hydrogen-bond acceptors (Lipinski definition) is 8. The quantitative estimate of drug-likeness (QED) is 0.0829. The molecular formula is C29H43N9O5. The maximum Gasteiger partial charge on any atom is 0.326 e. The van der Waals surface area contributed by atoms with Crippen molar-refractivity contribution >= 4 is 34.6 Å². The van der Waals surface area contributed by atoms with Crippen LogP contribution < -0.4 is 33.2 Å². The Morgan fingerprint density at radius 2 is 1.44 bits per heavy atom. The van der Waals surface area contributed by atoms with Gasteiger partial charge in [0.15, 0.2) is 0 Å². The summed E-state index contributed by atoms with van der Waals surface area (Å²) in [5, 5.41) is 18.6. The van der Waals surface area contributed by atoms with Crippen LogP contribution in [0.3, 0.4) is 0 Å². The number of rotatable bonds is 19. The number of imidazole rings is 1. The molecule has 1 aromatic carbocycles. The Bertz CT molecular complexity index is 1330. The monoisotopic (exact) mass is 597 g/mol. The van der Waals surface area contributed by atoms with Crippen LogP contribution in [0.15, 0.2) is 43.0 Å². The highest BCUT2D eigenvalue weighted by Gasteiger charge is 2.31. The second-order valence-corrected chi connectivity index (χ2v) is 10.5. The van der Waals surface area contributed by atoms with E-state index < -0.39 is 47.9 Å². The molecule has 3 rings (SSSR count). The van der Waals surface area contributed by atoms with Gasteiger partial charge in [-0.25, -0.2) is 9.78 Å². The molecule has 2 aromatic heterocycles. The molecule has 14 heteroatoms. The minimum absolute atomic E-state index is 0.0609. The van der Waals surface area contributed by atoms with Gasteiger partial charge in [0.2, 0.25) is 17.7 Å². The highest BCUT2D eigenvalue weighted by atomic mass is 16.4. The number of carboxylic acid groups (broad SMARTS) is 1. The van der Waals surface area contributed by atoms with Crippen molar-refractivity contribution in [3.8, 4) is 0 Å². The minimum Gasteiger partial charge on any atom is -0.480 e. The third kappa shape index (κ3) is 10.2. The van der Waals surface area contributed by atoms with E-state index in [0.29, 0.717) is 50.9 Å². The molecule has 0 fully saturated rings. The zero-order valence-electron chi connectivity index (χ0n) is 24.2. The van der Waals surface area contributed by atoms with Gasteiger partial charge in [-0.05, 0) is 56.8 Å². The van der Waals surface area contributed by atoms with Crippen molar-refractivity contribution in [2.24, 2.45) is 17.2 Å². The van der Waals surface area contributed by atoms with Crippen molar-refractivity contribution in [3.05, 3.63) is 54.2 Å². The summed E-state index contributed by atoms with van der Waals surface area (Å²) < 4.78 is 0. The Morgan fingerprint density at radius 3 is 2.09 bits per heavy atom. The van der Waals surface area contributed by atoms with Crippen molar-refractivity contribution in [2.45, 2.75) is 75.5 Å². The summed E-state index contributed by atoms with van der Waals surface area (Å²) in [5.74, 6) is -2.99. The third-order valence-corrected chi connectivity index (χ3v) is 7.21. The standard InChI is InChI=1S/C29H43N9O5/c30-11-5-3-8-21(32)26(39)37-25(14-19-16-33-17-35-19)28(41)38-24(13-18-15-34-22-9-2-1-7-20(18)22)27(40)36-23(29(42)43)10-4-6-12-31/h1-2,7,9,15-17,21,23-25,34H,3-6,8,10-14,30-32H2,(H,33,35)(H,36,40)(H,37,39)(H,38,41)(H,42,43). The molecule has 14 nitrogen and oxygen atoms in total. The zero-order chi connectivity index (χ0) is 31.2. The topological polar surface area (TPSA) is 247 Å². The number of amides is 3. The molecular weight excluding hydrogens is 554 g/mol. The Labute approximate surface area is 249 Å². The van der Waals surface area contributed by atoms with E-state index in [1.807, 2.05) is 24.3 Å². The van der Waals surface area contributed by atoms with Gasteiger partial charge >= 0.3 is 5.97 Å². The largest absolute Gasteiger partial charge is 0.480 e. The first-order valence-corrected chi connectivity index (χ1v) is 14.5. The molecule has 234 valence electrons. The lowest BCUT2D eigenvalue weighted by molar-refractivity contribution is -0.142. The summed E-state index contributed by atoms with van der Waals surface area (Å²) in [7, 11) is 0. The molecule has 3 aromatic rings. The molecule has 12 N–H and O–H groups in total. The number of fused-ring (bicyclic) bond motifs is 1. The van der Waals surface area contributed by atoms with E-state index in [9.17, 15) is 24.3 Å². The van der Waals surface area contributed by atoms with Gasteiger partial charge in [-0.3, -0.25) is 14.4 Å². The lowest BCUT2D eigenvalue weighted by Gasteiger charge is -2.25. The number of benzene rings is 1. The number of carboxylic acids is 1. The fraction of sp³-hybridized carbons (Fsp3) is 0.483. The van der Waals surface area contributed by atoms with Crippen molar-refractivity contribution in [1.29, 1.82) is 0 Å². The molecule has 0 saturated carbocycles. The van der Waals surface area contributed by atoms with E-state index in [2.05, 4.69) is 30.9 Å². The van der Waals surface area contributed by atoms with Crippen LogP contribution in [-0.4, -0.2) is 81.0 Å². The number of H-pyrrole nitrogens is 2. The van der Waals surface area contributed by atoms with Gasteiger partial charge < -0.3 is 48.2 Å². The van der Waals surface area contributed by atoms with Gasteiger partial charge in [-0.2, -0.15) is 0 Å². The number of aromatic amines is 2. The Kier molecular flexibility index (Phi) is 13.1. The predicted octanol–water partition coefficient (Wildman–Crippen LogP) is -0.199. The van der Waals surface area contributed by atoms with Gasteiger partial charge in [0, 0.05) is 41.8 Å². The molecule has 3 amide bonds. The number of para-hydroxylation sites is 1. The molecule has 0 bridgehead atoms. The molecule has 4 unspecified atom stereocenters. The molecule has 43 heavy (non-hydrogen) atoms. The van der Waals surface area contributed by atoms with Gasteiger partial charge in [-0.1, -0.05) is 24.6 Å². The maximum absolute atomic E-state index is 13.7. The van der Waals surface area contributed by atoms with Crippen LogP contribution in [-0.2, 0) is 32.0 Å².